The van der Waals surface area contributed by atoms with Crippen molar-refractivity contribution in [3.05, 3.63) is 0 Å². The molecule has 2 rings (SSSR count). The van der Waals surface area contributed by atoms with Crippen molar-refractivity contribution in [3.63, 3.8) is 0 Å². The van der Waals surface area contributed by atoms with E-state index in [0.29, 0.717) is 18.8 Å². The van der Waals surface area contributed by atoms with Crippen molar-refractivity contribution in [2.75, 3.05) is 13.1 Å². The smallest absolute Gasteiger partial charge is 0.306 e. The predicted molar refractivity (Wildman–Crippen MR) is 67.1 cm³/mol. The summed E-state index contributed by atoms with van der Waals surface area (Å²) in [6.07, 6.45) is 4.78. The monoisotopic (exact) mass is 254 g/mol. The topological polar surface area (TPSA) is 78.4 Å². The van der Waals surface area contributed by atoms with E-state index in [4.69, 9.17) is 5.11 Å². The van der Waals surface area contributed by atoms with Gasteiger partial charge in [0.15, 0.2) is 0 Å². The zero-order valence-electron chi connectivity index (χ0n) is 10.7. The van der Waals surface area contributed by atoms with Gasteiger partial charge in [-0.15, -0.1) is 0 Å². The molecule has 102 valence electrons. The Hall–Kier alpha value is -1.10. The van der Waals surface area contributed by atoms with E-state index in [9.17, 15) is 9.59 Å². The lowest BCUT2D eigenvalue weighted by molar-refractivity contribution is -0.143. The van der Waals surface area contributed by atoms with Gasteiger partial charge in [-0.1, -0.05) is 6.42 Å². The van der Waals surface area contributed by atoms with Gasteiger partial charge in [0.25, 0.3) is 0 Å². The third kappa shape index (κ3) is 3.70. The van der Waals surface area contributed by atoms with Gasteiger partial charge in [0, 0.05) is 12.5 Å². The lowest BCUT2D eigenvalue weighted by atomic mass is 9.85. The van der Waals surface area contributed by atoms with Crippen LogP contribution in [0, 0.1) is 11.8 Å². The van der Waals surface area contributed by atoms with Crippen LogP contribution in [0.15, 0.2) is 0 Å². The lowest BCUT2D eigenvalue weighted by Crippen LogP contribution is -2.40. The number of hydrogen-bond donors (Lipinski definition) is 3. The van der Waals surface area contributed by atoms with Crippen LogP contribution >= 0.6 is 0 Å². The summed E-state index contributed by atoms with van der Waals surface area (Å²) in [7, 11) is 0. The van der Waals surface area contributed by atoms with Crippen LogP contribution in [-0.4, -0.2) is 36.1 Å². The van der Waals surface area contributed by atoms with Crippen molar-refractivity contribution in [2.24, 2.45) is 11.8 Å². The van der Waals surface area contributed by atoms with E-state index in [1.165, 1.54) is 0 Å². The molecule has 3 atom stereocenters. The molecule has 5 heteroatoms. The van der Waals surface area contributed by atoms with E-state index < -0.39 is 5.97 Å². The normalized spacial score (nSPS) is 32.1. The van der Waals surface area contributed by atoms with Gasteiger partial charge in [-0.2, -0.15) is 0 Å². The molecule has 5 nitrogen and oxygen atoms in total. The first-order valence-electron chi connectivity index (χ1n) is 6.88. The highest BCUT2D eigenvalue weighted by Gasteiger charge is 2.28. The molecule has 18 heavy (non-hydrogen) atoms. The zero-order valence-corrected chi connectivity index (χ0v) is 10.7. The Morgan fingerprint density at radius 3 is 2.78 bits per heavy atom. The number of carboxylic acid groups (broad SMARTS) is 1. The van der Waals surface area contributed by atoms with Crippen LogP contribution in [0.25, 0.3) is 0 Å². The maximum absolute atomic E-state index is 11.9. The Balaban J connectivity index is 1.74. The minimum atomic E-state index is -0.728. The van der Waals surface area contributed by atoms with Gasteiger partial charge in [0.1, 0.15) is 0 Å². The minimum Gasteiger partial charge on any atom is -0.481 e. The number of rotatable bonds is 4. The fraction of sp³-hybridized carbons (Fsp3) is 0.846. The van der Waals surface area contributed by atoms with Gasteiger partial charge in [-0.05, 0) is 44.7 Å². The lowest BCUT2D eigenvalue weighted by Gasteiger charge is -2.27. The number of amides is 1. The Labute approximate surface area is 107 Å². The van der Waals surface area contributed by atoms with Gasteiger partial charge < -0.3 is 15.7 Å². The summed E-state index contributed by atoms with van der Waals surface area (Å²) in [6.45, 7) is 1.93. The van der Waals surface area contributed by atoms with Gasteiger partial charge in [0.2, 0.25) is 5.91 Å². The largest absolute Gasteiger partial charge is 0.481 e. The quantitative estimate of drug-likeness (QED) is 0.691. The summed E-state index contributed by atoms with van der Waals surface area (Å²) in [5.41, 5.74) is 0. The van der Waals surface area contributed by atoms with E-state index in [1.54, 1.807) is 0 Å². The molecule has 1 heterocycles. The van der Waals surface area contributed by atoms with E-state index in [2.05, 4.69) is 10.6 Å². The Bertz CT molecular complexity index is 313. The molecule has 1 saturated heterocycles. The van der Waals surface area contributed by atoms with Crippen LogP contribution in [0.4, 0.5) is 0 Å². The maximum atomic E-state index is 11.9. The van der Waals surface area contributed by atoms with E-state index in [-0.39, 0.29) is 17.9 Å². The average Bonchev–Trinajstić information content (AvgIpc) is 2.82. The highest BCUT2D eigenvalue weighted by atomic mass is 16.4. The van der Waals surface area contributed by atoms with Crippen LogP contribution in [0.2, 0.25) is 0 Å². The number of aliphatic carboxylic acids is 1. The third-order valence-corrected chi connectivity index (χ3v) is 4.03. The number of nitrogens with one attached hydrogen (secondary N) is 2. The fourth-order valence-electron chi connectivity index (χ4n) is 2.98. The molecule has 1 aliphatic carbocycles. The molecule has 0 aromatic heterocycles. The molecule has 0 bridgehead atoms. The van der Waals surface area contributed by atoms with Crippen molar-refractivity contribution < 1.29 is 14.7 Å². The van der Waals surface area contributed by atoms with Gasteiger partial charge in [0.05, 0.1) is 5.92 Å². The summed E-state index contributed by atoms with van der Waals surface area (Å²) < 4.78 is 0. The second kappa shape index (κ2) is 6.18. The molecule has 0 aromatic carbocycles. The third-order valence-electron chi connectivity index (χ3n) is 4.03. The van der Waals surface area contributed by atoms with E-state index in [0.717, 1.165) is 38.8 Å². The van der Waals surface area contributed by atoms with Crippen molar-refractivity contribution in [1.29, 1.82) is 0 Å². The Morgan fingerprint density at radius 1 is 1.28 bits per heavy atom. The van der Waals surface area contributed by atoms with E-state index >= 15 is 0 Å². The van der Waals surface area contributed by atoms with E-state index in [1.807, 2.05) is 0 Å². The van der Waals surface area contributed by atoms with Crippen LogP contribution < -0.4 is 10.6 Å². The Kier molecular flexibility index (Phi) is 4.58. The van der Waals surface area contributed by atoms with Crippen LogP contribution in [-0.2, 0) is 9.59 Å². The van der Waals surface area contributed by atoms with Crippen molar-refractivity contribution in [1.82, 2.24) is 10.6 Å². The second-order valence-electron chi connectivity index (χ2n) is 5.53. The number of hydrogen-bond acceptors (Lipinski definition) is 3. The molecule has 0 aromatic rings. The first-order chi connectivity index (χ1) is 8.65. The number of carbonyl (C=O) groups excluding carboxylic acids is 1. The van der Waals surface area contributed by atoms with Gasteiger partial charge in [-0.25, -0.2) is 0 Å². The minimum absolute atomic E-state index is 0.0571. The first-order valence-corrected chi connectivity index (χ1v) is 6.88. The molecule has 1 saturated carbocycles. The molecule has 1 aliphatic heterocycles. The summed E-state index contributed by atoms with van der Waals surface area (Å²) in [5, 5.41) is 15.2. The van der Waals surface area contributed by atoms with Crippen molar-refractivity contribution in [3.8, 4) is 0 Å². The first kappa shape index (κ1) is 13.3. The Morgan fingerprint density at radius 2 is 2.11 bits per heavy atom. The summed E-state index contributed by atoms with van der Waals surface area (Å²) in [4.78, 5) is 22.8. The molecule has 3 unspecified atom stereocenters. The highest BCUT2D eigenvalue weighted by molar-refractivity contribution is 5.77. The van der Waals surface area contributed by atoms with Crippen LogP contribution in [0.1, 0.15) is 38.5 Å². The second-order valence-corrected chi connectivity index (χ2v) is 5.53. The predicted octanol–water partition coefficient (Wildman–Crippen LogP) is 0.746. The number of carbonyl (C=O) groups is 2. The molecule has 3 N–H and O–H groups in total. The molecular weight excluding hydrogens is 232 g/mol. The zero-order chi connectivity index (χ0) is 13.0. The molecule has 2 fully saturated rings. The molecule has 2 aliphatic rings. The standard InChI is InChI=1S/C13H22N2O3/c16-12(6-9-4-5-14-8-9)15-11-3-1-2-10(7-11)13(17)18/h9-11,14H,1-8H2,(H,15,16)(H,17,18). The number of carboxylic acids is 1. The van der Waals surface area contributed by atoms with Crippen molar-refractivity contribution in [2.45, 2.75) is 44.6 Å². The maximum Gasteiger partial charge on any atom is 0.306 e. The van der Waals surface area contributed by atoms with Gasteiger partial charge >= 0.3 is 5.97 Å². The molecule has 0 radical (unpaired) electrons. The fourth-order valence-corrected chi connectivity index (χ4v) is 2.98. The summed E-state index contributed by atoms with van der Waals surface area (Å²) in [6, 6.07) is 0.0571. The molecule has 1 amide bonds. The van der Waals surface area contributed by atoms with Crippen LogP contribution in [0.3, 0.4) is 0 Å². The average molecular weight is 254 g/mol. The van der Waals surface area contributed by atoms with Crippen molar-refractivity contribution >= 4 is 11.9 Å². The summed E-state index contributed by atoms with van der Waals surface area (Å²) in [5.74, 6) is -0.477. The van der Waals surface area contributed by atoms with Gasteiger partial charge in [-0.3, -0.25) is 9.59 Å². The SMILES string of the molecule is O=C(CC1CCNC1)NC1CCCC(C(=O)O)C1. The van der Waals surface area contributed by atoms with Crippen LogP contribution in [0.5, 0.6) is 0 Å². The molecule has 0 spiro atoms. The highest BCUT2D eigenvalue weighted by Crippen LogP contribution is 2.24. The summed E-state index contributed by atoms with van der Waals surface area (Å²) >= 11 is 0. The molecular formula is C13H22N2O3.